The Kier molecular flexibility index (Phi) is 6.15. The quantitative estimate of drug-likeness (QED) is 0.399. The molecule has 0 aliphatic carbocycles. The number of hydrogen-bond donors (Lipinski definition) is 2. The van der Waals surface area contributed by atoms with Crippen LogP contribution in [0.25, 0.3) is 0 Å². The SMILES string of the molecule is CC1(C)NC(=O)N(CC(=O)OCC(=O)c2ccc(NC(=O)c3ccccc3)cc2)C1=O. The van der Waals surface area contributed by atoms with Gasteiger partial charge >= 0.3 is 12.0 Å². The molecular weight excluding hydrogens is 402 g/mol. The molecule has 0 radical (unpaired) electrons. The molecule has 4 amide bonds. The first-order valence-electron chi connectivity index (χ1n) is 9.47. The van der Waals surface area contributed by atoms with E-state index in [-0.39, 0.29) is 11.5 Å². The van der Waals surface area contributed by atoms with Gasteiger partial charge in [0.25, 0.3) is 11.8 Å². The molecule has 0 spiro atoms. The summed E-state index contributed by atoms with van der Waals surface area (Å²) in [5.41, 5.74) is 0.193. The second kappa shape index (κ2) is 8.78. The number of amides is 4. The summed E-state index contributed by atoms with van der Waals surface area (Å²) >= 11 is 0. The van der Waals surface area contributed by atoms with Gasteiger partial charge in [-0.1, -0.05) is 18.2 Å². The summed E-state index contributed by atoms with van der Waals surface area (Å²) in [7, 11) is 0. The Bertz CT molecular complexity index is 1030. The van der Waals surface area contributed by atoms with E-state index in [4.69, 9.17) is 4.74 Å². The summed E-state index contributed by atoms with van der Waals surface area (Å²) in [5.74, 6) is -2.17. The van der Waals surface area contributed by atoms with E-state index in [1.807, 2.05) is 6.07 Å². The first kappa shape index (κ1) is 21.7. The third kappa shape index (κ3) is 5.13. The van der Waals surface area contributed by atoms with E-state index in [1.54, 1.807) is 36.4 Å². The van der Waals surface area contributed by atoms with Crippen molar-refractivity contribution in [1.82, 2.24) is 10.2 Å². The first-order valence-corrected chi connectivity index (χ1v) is 9.47. The highest BCUT2D eigenvalue weighted by Crippen LogP contribution is 2.16. The fraction of sp³-hybridized carbons (Fsp3) is 0.227. The molecule has 1 aliphatic heterocycles. The molecule has 31 heavy (non-hydrogen) atoms. The number of imide groups is 1. The molecular formula is C22H21N3O6. The number of benzene rings is 2. The van der Waals surface area contributed by atoms with Crippen molar-refractivity contribution in [3.8, 4) is 0 Å². The Labute approximate surface area is 178 Å². The molecule has 2 aromatic rings. The van der Waals surface area contributed by atoms with Gasteiger partial charge in [-0.3, -0.25) is 24.1 Å². The zero-order valence-electron chi connectivity index (χ0n) is 17.0. The lowest BCUT2D eigenvalue weighted by molar-refractivity contribution is -0.146. The molecule has 160 valence electrons. The van der Waals surface area contributed by atoms with Gasteiger partial charge in [0.2, 0.25) is 0 Å². The average molecular weight is 423 g/mol. The Morgan fingerprint density at radius 3 is 2.19 bits per heavy atom. The van der Waals surface area contributed by atoms with Crippen molar-refractivity contribution in [2.24, 2.45) is 0 Å². The number of nitrogens with zero attached hydrogens (tertiary/aromatic N) is 1. The maximum absolute atomic E-state index is 12.2. The summed E-state index contributed by atoms with van der Waals surface area (Å²) in [5, 5.41) is 5.17. The van der Waals surface area contributed by atoms with Gasteiger partial charge in [-0.25, -0.2) is 4.79 Å². The Balaban J connectivity index is 1.50. The second-order valence-corrected chi connectivity index (χ2v) is 7.43. The van der Waals surface area contributed by atoms with Gasteiger partial charge in [0.15, 0.2) is 12.4 Å². The number of urea groups is 1. The van der Waals surface area contributed by atoms with Gasteiger partial charge in [0.05, 0.1) is 0 Å². The van der Waals surface area contributed by atoms with Crippen molar-refractivity contribution in [3.63, 3.8) is 0 Å². The van der Waals surface area contributed by atoms with E-state index < -0.39 is 42.4 Å². The van der Waals surface area contributed by atoms with Crippen LogP contribution in [0.2, 0.25) is 0 Å². The molecule has 0 saturated carbocycles. The molecule has 1 saturated heterocycles. The van der Waals surface area contributed by atoms with E-state index in [0.717, 1.165) is 4.90 Å². The van der Waals surface area contributed by atoms with Gasteiger partial charge in [0, 0.05) is 16.8 Å². The van der Waals surface area contributed by atoms with Crippen molar-refractivity contribution >= 4 is 35.3 Å². The second-order valence-electron chi connectivity index (χ2n) is 7.43. The lowest BCUT2D eigenvalue weighted by atomic mass is 10.1. The zero-order chi connectivity index (χ0) is 22.6. The lowest BCUT2D eigenvalue weighted by Gasteiger charge is -2.15. The fourth-order valence-corrected chi connectivity index (χ4v) is 2.90. The predicted molar refractivity (Wildman–Crippen MR) is 110 cm³/mol. The van der Waals surface area contributed by atoms with Crippen molar-refractivity contribution in [2.75, 3.05) is 18.5 Å². The Hall–Kier alpha value is -4.01. The van der Waals surface area contributed by atoms with Crippen molar-refractivity contribution < 1.29 is 28.7 Å². The van der Waals surface area contributed by atoms with E-state index in [0.29, 0.717) is 11.3 Å². The van der Waals surface area contributed by atoms with Crippen LogP contribution < -0.4 is 10.6 Å². The summed E-state index contributed by atoms with van der Waals surface area (Å²) in [6.07, 6.45) is 0. The van der Waals surface area contributed by atoms with E-state index in [9.17, 15) is 24.0 Å². The lowest BCUT2D eigenvalue weighted by Crippen LogP contribution is -2.41. The number of rotatable bonds is 7. The molecule has 1 aliphatic rings. The fourth-order valence-electron chi connectivity index (χ4n) is 2.90. The zero-order valence-corrected chi connectivity index (χ0v) is 17.0. The smallest absolute Gasteiger partial charge is 0.326 e. The van der Waals surface area contributed by atoms with Crippen molar-refractivity contribution in [2.45, 2.75) is 19.4 Å². The standard InChI is InChI=1S/C22H21N3O6/c1-22(2)20(29)25(21(30)24-22)12-18(27)31-13-17(26)14-8-10-16(11-9-14)23-19(28)15-6-4-3-5-7-15/h3-11H,12-13H2,1-2H3,(H,23,28)(H,24,30). The topological polar surface area (TPSA) is 122 Å². The van der Waals surface area contributed by atoms with E-state index >= 15 is 0 Å². The van der Waals surface area contributed by atoms with Crippen LogP contribution in [0, 0.1) is 0 Å². The maximum atomic E-state index is 12.2. The summed E-state index contributed by atoms with van der Waals surface area (Å²) < 4.78 is 4.91. The summed E-state index contributed by atoms with van der Waals surface area (Å²) in [6, 6.07) is 14.1. The van der Waals surface area contributed by atoms with Gasteiger partial charge in [-0.05, 0) is 50.2 Å². The van der Waals surface area contributed by atoms with Gasteiger partial charge in [-0.2, -0.15) is 0 Å². The van der Waals surface area contributed by atoms with Crippen LogP contribution in [-0.4, -0.2) is 53.2 Å². The van der Waals surface area contributed by atoms with Crippen LogP contribution in [0.15, 0.2) is 54.6 Å². The van der Waals surface area contributed by atoms with E-state index in [1.165, 1.54) is 26.0 Å². The maximum Gasteiger partial charge on any atom is 0.326 e. The number of nitrogens with one attached hydrogen (secondary N) is 2. The molecule has 0 aromatic heterocycles. The van der Waals surface area contributed by atoms with Gasteiger partial charge < -0.3 is 15.4 Å². The van der Waals surface area contributed by atoms with Gasteiger partial charge in [-0.15, -0.1) is 0 Å². The van der Waals surface area contributed by atoms with Crippen molar-refractivity contribution in [3.05, 3.63) is 65.7 Å². The number of anilines is 1. The molecule has 9 heteroatoms. The molecule has 1 fully saturated rings. The monoisotopic (exact) mass is 423 g/mol. The molecule has 3 rings (SSSR count). The Morgan fingerprint density at radius 2 is 1.61 bits per heavy atom. The molecule has 0 bridgehead atoms. The van der Waals surface area contributed by atoms with Crippen LogP contribution in [0.3, 0.4) is 0 Å². The number of hydrogen-bond acceptors (Lipinski definition) is 6. The highest BCUT2D eigenvalue weighted by atomic mass is 16.5. The van der Waals surface area contributed by atoms with Crippen LogP contribution in [0.1, 0.15) is 34.6 Å². The van der Waals surface area contributed by atoms with E-state index in [2.05, 4.69) is 10.6 Å². The minimum absolute atomic E-state index is 0.279. The third-order valence-electron chi connectivity index (χ3n) is 4.60. The minimum atomic E-state index is -1.09. The van der Waals surface area contributed by atoms with Crippen LogP contribution >= 0.6 is 0 Å². The number of esters is 1. The number of carbonyl (C=O) groups excluding carboxylic acids is 5. The summed E-state index contributed by atoms with van der Waals surface area (Å²) in [6.45, 7) is 1.93. The molecule has 9 nitrogen and oxygen atoms in total. The van der Waals surface area contributed by atoms with Crippen molar-refractivity contribution in [1.29, 1.82) is 0 Å². The molecule has 2 aromatic carbocycles. The van der Waals surface area contributed by atoms with Gasteiger partial charge in [0.1, 0.15) is 12.1 Å². The van der Waals surface area contributed by atoms with Crippen LogP contribution in [0.4, 0.5) is 10.5 Å². The molecule has 1 heterocycles. The van der Waals surface area contributed by atoms with Crippen LogP contribution in [0.5, 0.6) is 0 Å². The minimum Gasteiger partial charge on any atom is -0.456 e. The number of ketones is 1. The highest BCUT2D eigenvalue weighted by molar-refractivity contribution is 6.08. The normalized spacial score (nSPS) is 14.7. The molecule has 0 unspecified atom stereocenters. The van der Waals surface area contributed by atoms with Crippen LogP contribution in [-0.2, 0) is 14.3 Å². The highest BCUT2D eigenvalue weighted by Gasteiger charge is 2.45. The number of ether oxygens (including phenoxy) is 1. The summed E-state index contributed by atoms with van der Waals surface area (Å²) in [4.78, 5) is 60.9. The largest absolute Gasteiger partial charge is 0.456 e. The average Bonchev–Trinajstić information content (AvgIpc) is 2.94. The number of carbonyl (C=O) groups is 5. The molecule has 2 N–H and O–H groups in total. The third-order valence-corrected chi connectivity index (χ3v) is 4.60. The predicted octanol–water partition coefficient (Wildman–Crippen LogP) is 2.00. The number of Topliss-reactive ketones (excluding diaryl/α,β-unsaturated/α-hetero) is 1. The Morgan fingerprint density at radius 1 is 0.968 bits per heavy atom. The first-order chi connectivity index (χ1) is 14.7. The molecule has 0 atom stereocenters.